The first kappa shape index (κ1) is 14.1. The van der Waals surface area contributed by atoms with E-state index in [1.54, 1.807) is 24.3 Å². The minimum absolute atomic E-state index is 0.0124. The summed E-state index contributed by atoms with van der Waals surface area (Å²) in [5, 5.41) is 7.63. The van der Waals surface area contributed by atoms with Gasteiger partial charge in [0.1, 0.15) is 0 Å². The second kappa shape index (κ2) is 5.87. The molecular formula is C15H12ClN5O. The average Bonchev–Trinajstić information content (AvgIpc) is 2.89. The number of rotatable bonds is 3. The predicted octanol–water partition coefficient (Wildman–Crippen LogP) is 2.95. The number of nitrogens with one attached hydrogen (secondary N) is 1. The summed E-state index contributed by atoms with van der Waals surface area (Å²) in [5.74, 6) is -0.104. The number of hydrogen-bond acceptors (Lipinski definition) is 5. The molecule has 0 aliphatic rings. The number of halogens is 1. The van der Waals surface area contributed by atoms with Crippen LogP contribution in [0.3, 0.4) is 0 Å². The van der Waals surface area contributed by atoms with E-state index in [0.29, 0.717) is 10.6 Å². The van der Waals surface area contributed by atoms with Crippen molar-refractivity contribution in [3.05, 3.63) is 65.2 Å². The molecule has 6 nitrogen and oxygen atoms in total. The van der Waals surface area contributed by atoms with Crippen molar-refractivity contribution in [3.8, 4) is 0 Å². The molecule has 3 N–H and O–H groups in total. The second-order valence-electron chi connectivity index (χ2n) is 4.51. The third-order valence-electron chi connectivity index (χ3n) is 2.95. The van der Waals surface area contributed by atoms with E-state index in [1.807, 2.05) is 30.3 Å². The fourth-order valence-electron chi connectivity index (χ4n) is 1.89. The lowest BCUT2D eigenvalue weighted by atomic mass is 10.2. The Bertz CT molecular complexity index is 799. The summed E-state index contributed by atoms with van der Waals surface area (Å²) < 4.78 is 1.05. The Morgan fingerprint density at radius 1 is 1.09 bits per heavy atom. The zero-order chi connectivity index (χ0) is 15.5. The van der Waals surface area contributed by atoms with E-state index < -0.39 is 0 Å². The van der Waals surface area contributed by atoms with Crippen LogP contribution >= 0.6 is 11.6 Å². The molecule has 0 atom stereocenters. The molecule has 3 rings (SSSR count). The van der Waals surface area contributed by atoms with Crippen LogP contribution in [0.15, 0.2) is 54.6 Å². The van der Waals surface area contributed by atoms with Crippen LogP contribution in [-0.2, 0) is 0 Å². The summed E-state index contributed by atoms with van der Waals surface area (Å²) in [5.41, 5.74) is 6.99. The maximum absolute atomic E-state index is 12.4. The topological polar surface area (TPSA) is 85.8 Å². The molecule has 3 aromatic rings. The summed E-state index contributed by atoms with van der Waals surface area (Å²) in [6.45, 7) is 0. The summed E-state index contributed by atoms with van der Waals surface area (Å²) in [7, 11) is 0. The van der Waals surface area contributed by atoms with Crippen LogP contribution in [0.1, 0.15) is 10.4 Å². The summed E-state index contributed by atoms with van der Waals surface area (Å²) in [4.78, 5) is 16.4. The van der Waals surface area contributed by atoms with Gasteiger partial charge in [0.25, 0.3) is 5.91 Å². The quantitative estimate of drug-likeness (QED) is 0.776. The first-order chi connectivity index (χ1) is 10.6. The number of hydrogen-bond donors (Lipinski definition) is 2. The lowest BCUT2D eigenvalue weighted by Crippen LogP contribution is -2.16. The van der Waals surface area contributed by atoms with E-state index in [4.69, 9.17) is 17.3 Å². The number of benzene rings is 2. The Labute approximate surface area is 131 Å². The van der Waals surface area contributed by atoms with Crippen molar-refractivity contribution in [2.75, 3.05) is 11.1 Å². The molecule has 110 valence electrons. The average molecular weight is 314 g/mol. The number of aromatic nitrogens is 3. The number of carbonyl (C=O) groups is 1. The van der Waals surface area contributed by atoms with Gasteiger partial charge in [-0.1, -0.05) is 29.8 Å². The predicted molar refractivity (Wildman–Crippen MR) is 85.3 cm³/mol. The molecule has 2 aromatic carbocycles. The normalized spacial score (nSPS) is 10.4. The smallest absolute Gasteiger partial charge is 0.281 e. The van der Waals surface area contributed by atoms with E-state index in [9.17, 15) is 4.79 Å². The van der Waals surface area contributed by atoms with Crippen molar-refractivity contribution in [2.24, 2.45) is 0 Å². The number of nitrogens with zero attached hydrogens (tertiary/aromatic N) is 3. The molecule has 0 amide bonds. The molecule has 0 bridgehead atoms. The number of para-hydroxylation sites is 1. The van der Waals surface area contributed by atoms with Gasteiger partial charge in [0.05, 0.1) is 0 Å². The largest absolute Gasteiger partial charge is 0.368 e. The minimum atomic E-state index is -0.372. The SMILES string of the molecule is Nc1nc(Nc2ccccc2)nn1C(=O)c1ccc(Cl)cc1. The molecule has 0 saturated carbocycles. The van der Waals surface area contributed by atoms with E-state index in [-0.39, 0.29) is 17.8 Å². The first-order valence-corrected chi connectivity index (χ1v) is 6.86. The Hall–Kier alpha value is -2.86. The molecule has 0 fully saturated rings. The third-order valence-corrected chi connectivity index (χ3v) is 3.20. The third kappa shape index (κ3) is 2.91. The monoisotopic (exact) mass is 313 g/mol. The molecule has 0 aliphatic carbocycles. The highest BCUT2D eigenvalue weighted by atomic mass is 35.5. The van der Waals surface area contributed by atoms with Gasteiger partial charge in [-0.2, -0.15) is 9.67 Å². The second-order valence-corrected chi connectivity index (χ2v) is 4.94. The van der Waals surface area contributed by atoms with Gasteiger partial charge in [0.2, 0.25) is 11.9 Å². The first-order valence-electron chi connectivity index (χ1n) is 6.48. The van der Waals surface area contributed by atoms with Crippen LogP contribution in [0.5, 0.6) is 0 Å². The van der Waals surface area contributed by atoms with Gasteiger partial charge in [0, 0.05) is 16.3 Å². The fraction of sp³-hybridized carbons (Fsp3) is 0. The summed E-state index contributed by atoms with van der Waals surface area (Å²) >= 11 is 5.81. The van der Waals surface area contributed by atoms with Gasteiger partial charge >= 0.3 is 0 Å². The lowest BCUT2D eigenvalue weighted by Gasteiger charge is -2.02. The van der Waals surface area contributed by atoms with Gasteiger partial charge in [-0.05, 0) is 36.4 Å². The molecule has 0 radical (unpaired) electrons. The van der Waals surface area contributed by atoms with Gasteiger partial charge in [0.15, 0.2) is 0 Å². The summed E-state index contributed by atoms with van der Waals surface area (Å²) in [6, 6.07) is 15.8. The van der Waals surface area contributed by atoms with Crippen LogP contribution in [0, 0.1) is 0 Å². The molecule has 0 saturated heterocycles. The standard InChI is InChI=1S/C15H12ClN5O/c16-11-8-6-10(7-9-11)13(22)21-14(17)19-15(20-21)18-12-4-2-1-3-5-12/h1-9H,(H3,17,18,19,20). The van der Waals surface area contributed by atoms with Gasteiger partial charge in [-0.3, -0.25) is 4.79 Å². The molecule has 0 spiro atoms. The highest BCUT2D eigenvalue weighted by Crippen LogP contribution is 2.16. The number of nitrogens with two attached hydrogens (primary N) is 1. The zero-order valence-electron chi connectivity index (χ0n) is 11.4. The van der Waals surface area contributed by atoms with E-state index in [1.165, 1.54) is 0 Å². The van der Waals surface area contributed by atoms with Crippen LogP contribution in [0.4, 0.5) is 17.6 Å². The Morgan fingerprint density at radius 3 is 2.45 bits per heavy atom. The van der Waals surface area contributed by atoms with Gasteiger partial charge in [-0.15, -0.1) is 5.10 Å². The molecule has 22 heavy (non-hydrogen) atoms. The van der Waals surface area contributed by atoms with E-state index >= 15 is 0 Å². The van der Waals surface area contributed by atoms with Crippen LogP contribution in [0.25, 0.3) is 0 Å². The van der Waals surface area contributed by atoms with Crippen LogP contribution in [0.2, 0.25) is 5.02 Å². The van der Waals surface area contributed by atoms with E-state index in [0.717, 1.165) is 10.4 Å². The fourth-order valence-corrected chi connectivity index (χ4v) is 2.02. The molecule has 0 aliphatic heterocycles. The molecular weight excluding hydrogens is 302 g/mol. The van der Waals surface area contributed by atoms with Crippen molar-refractivity contribution in [1.29, 1.82) is 0 Å². The summed E-state index contributed by atoms with van der Waals surface area (Å²) in [6.07, 6.45) is 0. The maximum Gasteiger partial charge on any atom is 0.281 e. The molecule has 0 unspecified atom stereocenters. The molecule has 1 aromatic heterocycles. The lowest BCUT2D eigenvalue weighted by molar-refractivity contribution is 0.0948. The highest BCUT2D eigenvalue weighted by Gasteiger charge is 2.15. The Kier molecular flexibility index (Phi) is 3.76. The minimum Gasteiger partial charge on any atom is -0.368 e. The van der Waals surface area contributed by atoms with Crippen molar-refractivity contribution >= 4 is 35.1 Å². The number of nitrogen functional groups attached to an aromatic ring is 1. The Balaban J connectivity index is 1.86. The molecule has 1 heterocycles. The van der Waals surface area contributed by atoms with Crippen molar-refractivity contribution in [1.82, 2.24) is 14.8 Å². The van der Waals surface area contributed by atoms with Crippen molar-refractivity contribution in [2.45, 2.75) is 0 Å². The molecule has 7 heteroatoms. The number of anilines is 3. The van der Waals surface area contributed by atoms with Gasteiger partial charge < -0.3 is 11.1 Å². The van der Waals surface area contributed by atoms with Crippen LogP contribution in [-0.4, -0.2) is 20.7 Å². The number of carbonyl (C=O) groups excluding carboxylic acids is 1. The van der Waals surface area contributed by atoms with E-state index in [2.05, 4.69) is 15.4 Å². The highest BCUT2D eigenvalue weighted by molar-refractivity contribution is 6.30. The van der Waals surface area contributed by atoms with Crippen molar-refractivity contribution in [3.63, 3.8) is 0 Å². The van der Waals surface area contributed by atoms with Crippen LogP contribution < -0.4 is 11.1 Å². The van der Waals surface area contributed by atoms with Crippen molar-refractivity contribution < 1.29 is 4.79 Å². The maximum atomic E-state index is 12.4. The zero-order valence-corrected chi connectivity index (χ0v) is 12.2. The van der Waals surface area contributed by atoms with Gasteiger partial charge in [-0.25, -0.2) is 0 Å². The Morgan fingerprint density at radius 2 is 1.77 bits per heavy atom.